The van der Waals surface area contributed by atoms with E-state index in [1.54, 1.807) is 35.3 Å². The van der Waals surface area contributed by atoms with Crippen molar-refractivity contribution in [3.8, 4) is 5.88 Å². The van der Waals surface area contributed by atoms with E-state index in [1.165, 1.54) is 6.08 Å². The summed E-state index contributed by atoms with van der Waals surface area (Å²) in [7, 11) is 1.82. The van der Waals surface area contributed by atoms with E-state index in [0.717, 1.165) is 5.56 Å². The molecule has 0 saturated heterocycles. The molecule has 20 heavy (non-hydrogen) atoms. The predicted octanol–water partition coefficient (Wildman–Crippen LogP) is 1.87. The van der Waals surface area contributed by atoms with Gasteiger partial charge >= 0.3 is 0 Å². The molecule has 0 aromatic carbocycles. The predicted molar refractivity (Wildman–Crippen MR) is 76.3 cm³/mol. The molecule has 1 amide bonds. The molecule has 0 aliphatic heterocycles. The summed E-state index contributed by atoms with van der Waals surface area (Å²) < 4.78 is 7.01. The zero-order chi connectivity index (χ0) is 14.4. The number of ether oxygens (including phenoxy) is 1. The van der Waals surface area contributed by atoms with Gasteiger partial charge in [0, 0.05) is 31.1 Å². The minimum atomic E-state index is -0.247. The van der Waals surface area contributed by atoms with Crippen molar-refractivity contribution < 1.29 is 9.53 Å². The Morgan fingerprint density at radius 3 is 3.10 bits per heavy atom. The average molecular weight is 272 g/mol. The maximum Gasteiger partial charge on any atom is 0.248 e. The summed E-state index contributed by atoms with van der Waals surface area (Å²) in [6, 6.07) is 3.48. The average Bonchev–Trinajstić information content (AvgIpc) is 2.85. The summed E-state index contributed by atoms with van der Waals surface area (Å²) in [5.41, 5.74) is 1.41. The van der Waals surface area contributed by atoms with Gasteiger partial charge < -0.3 is 10.1 Å². The first-order valence-electron chi connectivity index (χ1n) is 6.24. The highest BCUT2D eigenvalue weighted by molar-refractivity contribution is 6.02. The Kier molecular flexibility index (Phi) is 4.49. The Morgan fingerprint density at radius 2 is 2.40 bits per heavy atom. The minimum Gasteiger partial charge on any atom is -0.476 e. The highest BCUT2D eigenvalue weighted by Crippen LogP contribution is 2.20. The number of anilines is 1. The number of rotatable bonds is 5. The number of nitrogens with one attached hydrogen (secondary N) is 1. The summed E-state index contributed by atoms with van der Waals surface area (Å²) in [5, 5.41) is 6.75. The molecule has 2 aromatic heterocycles. The number of nitrogens with zero attached hydrogens (tertiary/aromatic N) is 3. The fraction of sp³-hybridized carbons (Fsp3) is 0.214. The van der Waals surface area contributed by atoms with Crippen LogP contribution in [0, 0.1) is 0 Å². The molecular weight excluding hydrogens is 256 g/mol. The van der Waals surface area contributed by atoms with Gasteiger partial charge in [-0.3, -0.25) is 9.48 Å². The Morgan fingerprint density at radius 1 is 1.55 bits per heavy atom. The number of hydrogen-bond acceptors (Lipinski definition) is 4. The van der Waals surface area contributed by atoms with Crippen molar-refractivity contribution in [2.45, 2.75) is 6.92 Å². The van der Waals surface area contributed by atoms with E-state index in [9.17, 15) is 4.79 Å². The first-order chi connectivity index (χ1) is 9.69. The van der Waals surface area contributed by atoms with Gasteiger partial charge in [0.25, 0.3) is 0 Å². The van der Waals surface area contributed by atoms with Gasteiger partial charge in [0.15, 0.2) is 0 Å². The fourth-order valence-electron chi connectivity index (χ4n) is 1.61. The van der Waals surface area contributed by atoms with Gasteiger partial charge in [-0.25, -0.2) is 4.98 Å². The van der Waals surface area contributed by atoms with Crippen LogP contribution < -0.4 is 10.1 Å². The molecule has 2 aromatic rings. The Balaban J connectivity index is 2.03. The standard InChI is InChI=1S/C14H16N4O2/c1-3-20-14-12(5-4-8-15-14)17-13(19)7-6-11-9-16-18(2)10-11/h4-10H,3H2,1-2H3,(H,17,19). The van der Waals surface area contributed by atoms with Crippen molar-refractivity contribution >= 4 is 17.7 Å². The normalized spacial score (nSPS) is 10.7. The SMILES string of the molecule is CCOc1ncccc1NC(=O)C=Cc1cnn(C)c1. The summed E-state index contributed by atoms with van der Waals surface area (Å²) >= 11 is 0. The summed E-state index contributed by atoms with van der Waals surface area (Å²) in [5.74, 6) is 0.168. The Hall–Kier alpha value is -2.63. The second-order valence-corrected chi connectivity index (χ2v) is 4.06. The van der Waals surface area contributed by atoms with Crippen LogP contribution in [0.5, 0.6) is 5.88 Å². The van der Waals surface area contributed by atoms with Crippen molar-refractivity contribution in [2.75, 3.05) is 11.9 Å². The maximum atomic E-state index is 11.8. The van der Waals surface area contributed by atoms with E-state index >= 15 is 0 Å². The van der Waals surface area contributed by atoms with Crippen LogP contribution in [-0.2, 0) is 11.8 Å². The molecule has 0 bridgehead atoms. The molecule has 0 unspecified atom stereocenters. The molecule has 0 saturated carbocycles. The molecule has 1 N–H and O–H groups in total. The number of hydrogen-bond donors (Lipinski definition) is 1. The second-order valence-electron chi connectivity index (χ2n) is 4.06. The number of aromatic nitrogens is 3. The topological polar surface area (TPSA) is 69.0 Å². The summed E-state index contributed by atoms with van der Waals surface area (Å²) in [6.45, 7) is 2.36. The molecule has 0 aliphatic carbocycles. The van der Waals surface area contributed by atoms with Crippen molar-refractivity contribution in [2.24, 2.45) is 7.05 Å². The lowest BCUT2D eigenvalue weighted by Crippen LogP contribution is -2.10. The molecule has 0 aliphatic rings. The first-order valence-corrected chi connectivity index (χ1v) is 6.24. The van der Waals surface area contributed by atoms with Crippen LogP contribution in [0.4, 0.5) is 5.69 Å². The third-order valence-electron chi connectivity index (χ3n) is 2.46. The van der Waals surface area contributed by atoms with Gasteiger partial charge in [0.2, 0.25) is 11.8 Å². The van der Waals surface area contributed by atoms with Crippen molar-refractivity contribution in [1.29, 1.82) is 0 Å². The highest BCUT2D eigenvalue weighted by atomic mass is 16.5. The van der Waals surface area contributed by atoms with Crippen LogP contribution in [0.15, 0.2) is 36.8 Å². The zero-order valence-corrected chi connectivity index (χ0v) is 11.4. The quantitative estimate of drug-likeness (QED) is 0.844. The summed E-state index contributed by atoms with van der Waals surface area (Å²) in [4.78, 5) is 15.9. The van der Waals surface area contributed by atoms with E-state index in [-0.39, 0.29) is 5.91 Å². The van der Waals surface area contributed by atoms with Gasteiger partial charge in [0.1, 0.15) is 5.69 Å². The molecule has 6 heteroatoms. The molecule has 0 fully saturated rings. The van der Waals surface area contributed by atoms with E-state index in [4.69, 9.17) is 4.74 Å². The third kappa shape index (κ3) is 3.68. The van der Waals surface area contributed by atoms with Gasteiger partial charge in [-0.05, 0) is 25.1 Å². The van der Waals surface area contributed by atoms with Gasteiger partial charge in [-0.1, -0.05) is 0 Å². The van der Waals surface area contributed by atoms with E-state index in [2.05, 4.69) is 15.4 Å². The lowest BCUT2D eigenvalue weighted by atomic mass is 10.3. The molecule has 0 spiro atoms. The molecule has 0 atom stereocenters. The molecule has 104 valence electrons. The van der Waals surface area contributed by atoms with Crippen LogP contribution in [-0.4, -0.2) is 27.3 Å². The van der Waals surface area contributed by atoms with Crippen molar-refractivity contribution in [3.05, 3.63) is 42.4 Å². The second kappa shape index (κ2) is 6.51. The highest BCUT2D eigenvalue weighted by Gasteiger charge is 2.06. The smallest absolute Gasteiger partial charge is 0.248 e. The van der Waals surface area contributed by atoms with E-state index in [1.807, 2.05) is 20.2 Å². The maximum absolute atomic E-state index is 11.8. The van der Waals surface area contributed by atoms with Crippen LogP contribution in [0.1, 0.15) is 12.5 Å². The third-order valence-corrected chi connectivity index (χ3v) is 2.46. The minimum absolute atomic E-state index is 0.247. The molecule has 0 radical (unpaired) electrons. The first kappa shape index (κ1) is 13.8. The molecule has 6 nitrogen and oxygen atoms in total. The van der Waals surface area contributed by atoms with Crippen LogP contribution in [0.25, 0.3) is 6.08 Å². The van der Waals surface area contributed by atoms with Gasteiger partial charge in [-0.2, -0.15) is 5.10 Å². The largest absolute Gasteiger partial charge is 0.476 e. The van der Waals surface area contributed by atoms with Crippen molar-refractivity contribution in [3.63, 3.8) is 0 Å². The summed E-state index contributed by atoms with van der Waals surface area (Å²) in [6.07, 6.45) is 8.25. The Labute approximate surface area is 117 Å². The number of carbonyl (C=O) groups is 1. The fourth-order valence-corrected chi connectivity index (χ4v) is 1.61. The Bertz CT molecular complexity index is 619. The lowest BCUT2D eigenvalue weighted by molar-refractivity contribution is -0.111. The van der Waals surface area contributed by atoms with Gasteiger partial charge in [0.05, 0.1) is 12.8 Å². The lowest BCUT2D eigenvalue weighted by Gasteiger charge is -2.08. The molecular formula is C14H16N4O2. The number of carbonyl (C=O) groups excluding carboxylic acids is 1. The number of pyridine rings is 1. The van der Waals surface area contributed by atoms with Crippen molar-refractivity contribution in [1.82, 2.24) is 14.8 Å². The van der Waals surface area contributed by atoms with Crippen LogP contribution in [0.3, 0.4) is 0 Å². The molecule has 2 rings (SSSR count). The van der Waals surface area contributed by atoms with Gasteiger partial charge in [-0.15, -0.1) is 0 Å². The van der Waals surface area contributed by atoms with Crippen LogP contribution >= 0.6 is 0 Å². The monoisotopic (exact) mass is 272 g/mol. The number of aryl methyl sites for hydroxylation is 1. The number of amides is 1. The zero-order valence-electron chi connectivity index (χ0n) is 11.4. The van der Waals surface area contributed by atoms with E-state index < -0.39 is 0 Å². The van der Waals surface area contributed by atoms with Crippen LogP contribution in [0.2, 0.25) is 0 Å². The van der Waals surface area contributed by atoms with E-state index in [0.29, 0.717) is 18.2 Å². The molecule has 2 heterocycles.